The van der Waals surface area contributed by atoms with Crippen molar-refractivity contribution in [3.05, 3.63) is 47.6 Å². The summed E-state index contributed by atoms with van der Waals surface area (Å²) < 4.78 is 6.12. The van der Waals surface area contributed by atoms with Crippen LogP contribution >= 0.6 is 0 Å². The minimum absolute atomic E-state index is 0.0105. The van der Waals surface area contributed by atoms with Crippen LogP contribution < -0.4 is 10.1 Å². The molecule has 2 atom stereocenters. The van der Waals surface area contributed by atoms with E-state index in [9.17, 15) is 9.90 Å². The number of nitrogens with one attached hydrogen (secondary N) is 1. The largest absolute Gasteiger partial charge is 0.493 e. The second-order valence-electron chi connectivity index (χ2n) is 13.7. The summed E-state index contributed by atoms with van der Waals surface area (Å²) in [6, 6.07) is 4.01. The van der Waals surface area contributed by atoms with Gasteiger partial charge in [-0.2, -0.15) is 0 Å². The van der Waals surface area contributed by atoms with Crippen LogP contribution in [0.25, 0.3) is 0 Å². The Morgan fingerprint density at radius 1 is 0.950 bits per heavy atom. The Hall–Kier alpha value is -2.07. The quantitative estimate of drug-likeness (QED) is 0.140. The number of ether oxygens (including phenoxy) is 1. The van der Waals surface area contributed by atoms with Crippen LogP contribution in [0.4, 0.5) is 5.69 Å². The fourth-order valence-electron chi connectivity index (χ4n) is 5.42. The molecular formula is C36H61NO3. The first-order valence-electron chi connectivity index (χ1n) is 15.8. The van der Waals surface area contributed by atoms with E-state index >= 15 is 0 Å². The number of aryl methyl sites for hydroxylation is 2. The Bertz CT molecular complexity index is 909. The lowest BCUT2D eigenvalue weighted by Crippen LogP contribution is -2.35. The second kappa shape index (κ2) is 17.7. The standard InChI is InChI=1S/C36H61NO3/c1-11-13-14-15-16-17-18-21-24-40-34-27(3)25-29(26-28(34)4)37-32(38)23-20-19-22-31(36(8,9)10)33(39)30(12-2)35(5,6)7/h12,22,25-26,30,33,39H,2,11,13-21,23-24H2,1,3-10H3,(H,37,38)/b31-22+. The molecule has 1 amide bonds. The Labute approximate surface area is 247 Å². The van der Waals surface area contributed by atoms with Gasteiger partial charge in [-0.15, -0.1) is 6.58 Å². The SMILES string of the molecule is C=CC(C(O)/C(=C\CCCC(=O)Nc1cc(C)c(OCCCCCCCCCC)c(C)c1)C(C)(C)C)C(C)(C)C. The summed E-state index contributed by atoms with van der Waals surface area (Å²) in [6.45, 7) is 23.8. The van der Waals surface area contributed by atoms with Crippen LogP contribution in [0.2, 0.25) is 0 Å². The number of benzene rings is 1. The number of aliphatic hydroxyl groups is 1. The molecule has 4 nitrogen and oxygen atoms in total. The van der Waals surface area contributed by atoms with Crippen molar-refractivity contribution in [3.63, 3.8) is 0 Å². The van der Waals surface area contributed by atoms with Crippen molar-refractivity contribution in [2.24, 2.45) is 16.7 Å². The van der Waals surface area contributed by atoms with Gasteiger partial charge in [0.05, 0.1) is 12.7 Å². The third-order valence-electron chi connectivity index (χ3n) is 7.74. The molecular weight excluding hydrogens is 494 g/mol. The maximum Gasteiger partial charge on any atom is 0.224 e. The normalized spacial score (nSPS) is 14.1. The summed E-state index contributed by atoms with van der Waals surface area (Å²) >= 11 is 0. The molecule has 0 heterocycles. The number of allylic oxidation sites excluding steroid dienone is 1. The molecule has 0 spiro atoms. The number of rotatable bonds is 18. The van der Waals surface area contributed by atoms with E-state index in [-0.39, 0.29) is 22.7 Å². The molecule has 0 fully saturated rings. The molecule has 0 aliphatic heterocycles. The Morgan fingerprint density at radius 2 is 1.50 bits per heavy atom. The molecule has 1 rings (SSSR count). The number of anilines is 1. The van der Waals surface area contributed by atoms with Gasteiger partial charge in [-0.25, -0.2) is 0 Å². The number of unbranched alkanes of at least 4 members (excludes halogenated alkanes) is 8. The fourth-order valence-corrected chi connectivity index (χ4v) is 5.42. The highest BCUT2D eigenvalue weighted by Crippen LogP contribution is 2.38. The van der Waals surface area contributed by atoms with Gasteiger partial charge >= 0.3 is 0 Å². The number of hydrogen-bond donors (Lipinski definition) is 2. The van der Waals surface area contributed by atoms with E-state index in [1.807, 2.05) is 32.1 Å². The van der Waals surface area contributed by atoms with Gasteiger partial charge in [0.1, 0.15) is 5.75 Å². The van der Waals surface area contributed by atoms with Crippen LogP contribution in [0, 0.1) is 30.6 Å². The predicted octanol–water partition coefficient (Wildman–Crippen LogP) is 10.1. The molecule has 0 aliphatic rings. The minimum atomic E-state index is -0.589. The summed E-state index contributed by atoms with van der Waals surface area (Å²) in [6.07, 6.45) is 15.6. The molecule has 0 radical (unpaired) electrons. The van der Waals surface area contributed by atoms with Crippen LogP contribution in [0.1, 0.15) is 130 Å². The molecule has 1 aromatic rings. The maximum absolute atomic E-state index is 12.7. The number of hydrogen-bond acceptors (Lipinski definition) is 3. The van der Waals surface area contributed by atoms with Crippen LogP contribution in [0.3, 0.4) is 0 Å². The van der Waals surface area contributed by atoms with Crippen LogP contribution in [0.15, 0.2) is 36.4 Å². The number of carbonyl (C=O) groups excluding carboxylic acids is 1. The molecule has 0 aromatic heterocycles. The molecule has 0 saturated carbocycles. The zero-order chi connectivity index (χ0) is 30.3. The first kappa shape index (κ1) is 36.0. The first-order chi connectivity index (χ1) is 18.7. The molecule has 1 aromatic carbocycles. The second-order valence-corrected chi connectivity index (χ2v) is 13.7. The minimum Gasteiger partial charge on any atom is -0.493 e. The Morgan fingerprint density at radius 3 is 2.00 bits per heavy atom. The number of carbonyl (C=O) groups is 1. The van der Waals surface area contributed by atoms with Crippen molar-refractivity contribution < 1.29 is 14.6 Å². The van der Waals surface area contributed by atoms with E-state index in [0.29, 0.717) is 6.42 Å². The number of amides is 1. The molecule has 40 heavy (non-hydrogen) atoms. The Kier molecular flexibility index (Phi) is 15.9. The summed E-state index contributed by atoms with van der Waals surface area (Å²) in [5, 5.41) is 14.3. The van der Waals surface area contributed by atoms with Crippen LogP contribution in [-0.2, 0) is 4.79 Å². The van der Waals surface area contributed by atoms with Gasteiger partial charge in [0.25, 0.3) is 0 Å². The monoisotopic (exact) mass is 555 g/mol. The molecule has 0 bridgehead atoms. The van der Waals surface area contributed by atoms with E-state index in [0.717, 1.165) is 54.0 Å². The lowest BCUT2D eigenvalue weighted by molar-refractivity contribution is -0.116. The summed E-state index contributed by atoms with van der Waals surface area (Å²) in [5.74, 6) is 0.906. The third-order valence-corrected chi connectivity index (χ3v) is 7.74. The van der Waals surface area contributed by atoms with Crippen molar-refractivity contribution in [1.29, 1.82) is 0 Å². The van der Waals surface area contributed by atoms with Crippen molar-refractivity contribution in [2.45, 2.75) is 139 Å². The van der Waals surface area contributed by atoms with Crippen LogP contribution in [-0.4, -0.2) is 23.7 Å². The van der Waals surface area contributed by atoms with E-state index < -0.39 is 6.10 Å². The maximum atomic E-state index is 12.7. The van der Waals surface area contributed by atoms with Gasteiger partial charge in [-0.3, -0.25) is 4.79 Å². The predicted molar refractivity (Wildman–Crippen MR) is 173 cm³/mol. The van der Waals surface area contributed by atoms with Crippen molar-refractivity contribution in [1.82, 2.24) is 0 Å². The lowest BCUT2D eigenvalue weighted by atomic mass is 9.70. The highest BCUT2D eigenvalue weighted by Gasteiger charge is 2.34. The van der Waals surface area contributed by atoms with E-state index in [1.54, 1.807) is 0 Å². The molecule has 2 unspecified atom stereocenters. The van der Waals surface area contributed by atoms with E-state index in [2.05, 4.69) is 66.4 Å². The molecule has 228 valence electrons. The first-order valence-corrected chi connectivity index (χ1v) is 15.8. The van der Waals surface area contributed by atoms with Gasteiger partial charge in [-0.1, -0.05) is 106 Å². The smallest absolute Gasteiger partial charge is 0.224 e. The third kappa shape index (κ3) is 13.1. The van der Waals surface area contributed by atoms with E-state index in [1.165, 1.54) is 44.9 Å². The van der Waals surface area contributed by atoms with Crippen molar-refractivity contribution >= 4 is 11.6 Å². The highest BCUT2D eigenvalue weighted by molar-refractivity contribution is 5.91. The Balaban J connectivity index is 2.60. The lowest BCUT2D eigenvalue weighted by Gasteiger charge is -2.37. The van der Waals surface area contributed by atoms with Gasteiger partial charge < -0.3 is 15.2 Å². The van der Waals surface area contributed by atoms with Gasteiger partial charge in [0, 0.05) is 18.0 Å². The summed E-state index contributed by atoms with van der Waals surface area (Å²) in [4.78, 5) is 12.7. The molecule has 0 saturated heterocycles. The van der Waals surface area contributed by atoms with Crippen LogP contribution in [0.5, 0.6) is 5.75 Å². The zero-order valence-corrected chi connectivity index (χ0v) is 27.4. The van der Waals surface area contributed by atoms with Gasteiger partial charge in [0.15, 0.2) is 0 Å². The van der Waals surface area contributed by atoms with Crippen molar-refractivity contribution in [3.8, 4) is 5.75 Å². The molecule has 0 aliphatic carbocycles. The average Bonchev–Trinajstić information content (AvgIpc) is 2.82. The van der Waals surface area contributed by atoms with Gasteiger partial charge in [-0.05, 0) is 72.8 Å². The van der Waals surface area contributed by atoms with Crippen molar-refractivity contribution in [2.75, 3.05) is 11.9 Å². The topological polar surface area (TPSA) is 58.6 Å². The average molecular weight is 556 g/mol. The molecule has 4 heteroatoms. The number of aliphatic hydroxyl groups excluding tert-OH is 1. The zero-order valence-electron chi connectivity index (χ0n) is 27.4. The highest BCUT2D eigenvalue weighted by atomic mass is 16.5. The summed E-state index contributed by atoms with van der Waals surface area (Å²) in [5.41, 5.74) is 3.69. The molecule has 2 N–H and O–H groups in total. The summed E-state index contributed by atoms with van der Waals surface area (Å²) in [7, 11) is 0. The van der Waals surface area contributed by atoms with E-state index in [4.69, 9.17) is 4.74 Å². The fraction of sp³-hybridized carbons (Fsp3) is 0.694. The van der Waals surface area contributed by atoms with Gasteiger partial charge in [0.2, 0.25) is 5.91 Å².